The summed E-state index contributed by atoms with van der Waals surface area (Å²) in [6.45, 7) is 2.02. The molecule has 1 saturated heterocycles. The van der Waals surface area contributed by atoms with Gasteiger partial charge in [0.2, 0.25) is 10.1 Å². The molecule has 10 heteroatoms. The van der Waals surface area contributed by atoms with Gasteiger partial charge in [-0.3, -0.25) is 9.59 Å². The molecule has 1 N–H and O–H groups in total. The average Bonchev–Trinajstić information content (AvgIpc) is 3.05. The summed E-state index contributed by atoms with van der Waals surface area (Å²) in [5.74, 6) is 0.755. The fourth-order valence-corrected chi connectivity index (χ4v) is 4.53. The van der Waals surface area contributed by atoms with Crippen LogP contribution in [0.15, 0.2) is 29.2 Å². The van der Waals surface area contributed by atoms with Crippen molar-refractivity contribution in [2.24, 2.45) is 0 Å². The van der Waals surface area contributed by atoms with Gasteiger partial charge in [0.05, 0.1) is 14.2 Å². The van der Waals surface area contributed by atoms with E-state index >= 15 is 0 Å². The van der Waals surface area contributed by atoms with E-state index in [2.05, 4.69) is 20.3 Å². The van der Waals surface area contributed by atoms with Crippen LogP contribution in [0.1, 0.15) is 41.6 Å². The molecule has 9 nitrogen and oxygen atoms in total. The van der Waals surface area contributed by atoms with Crippen LogP contribution < -0.4 is 25.2 Å². The maximum Gasteiger partial charge on any atom is 0.288 e. The Hall–Kier alpha value is -3.14. The van der Waals surface area contributed by atoms with Gasteiger partial charge < -0.3 is 19.7 Å². The van der Waals surface area contributed by atoms with Crippen LogP contribution in [0.4, 0.5) is 5.13 Å². The minimum atomic E-state index is -0.513. The third-order valence-electron chi connectivity index (χ3n) is 5.32. The summed E-state index contributed by atoms with van der Waals surface area (Å²) in [5.41, 5.74) is 0.214. The van der Waals surface area contributed by atoms with Gasteiger partial charge in [0.1, 0.15) is 17.1 Å². The highest BCUT2D eigenvalue weighted by Crippen LogP contribution is 2.25. The van der Waals surface area contributed by atoms with Crippen LogP contribution in [0.3, 0.4) is 0 Å². The molecule has 164 valence electrons. The van der Waals surface area contributed by atoms with Gasteiger partial charge in [0, 0.05) is 31.4 Å². The number of amides is 1. The lowest BCUT2D eigenvalue weighted by Gasteiger charge is -2.17. The number of nitrogens with zero attached hydrogens (tertiary/aromatic N) is 4. The number of hydrogen-bond acceptors (Lipinski definition) is 8. The number of nitrogens with one attached hydrogen (secondary N) is 1. The second-order valence-electron chi connectivity index (χ2n) is 7.32. The fourth-order valence-electron chi connectivity index (χ4n) is 3.61. The van der Waals surface area contributed by atoms with E-state index in [1.807, 2.05) is 0 Å². The van der Waals surface area contributed by atoms with Gasteiger partial charge in [-0.1, -0.05) is 24.2 Å². The Kier molecular flexibility index (Phi) is 6.36. The Balaban J connectivity index is 1.54. The zero-order valence-electron chi connectivity index (χ0n) is 17.6. The number of aromatic nitrogens is 3. The molecule has 0 aliphatic carbocycles. The van der Waals surface area contributed by atoms with Gasteiger partial charge in [0.15, 0.2) is 0 Å². The van der Waals surface area contributed by atoms with E-state index in [0.29, 0.717) is 16.5 Å². The summed E-state index contributed by atoms with van der Waals surface area (Å²) in [4.78, 5) is 32.6. The summed E-state index contributed by atoms with van der Waals surface area (Å²) in [7, 11) is 3.13. The Bertz CT molecular complexity index is 1130. The largest absolute Gasteiger partial charge is 0.497 e. The van der Waals surface area contributed by atoms with Crippen LogP contribution in [-0.2, 0) is 6.54 Å². The standard InChI is InChI=1S/C21H25N5O4S/c1-29-15-7-8-17(30-2)14(11-15)12-22-18(27)16-13-23-20-26(19(16)28)24-21(31-20)25-9-5-3-4-6-10-25/h7-8,11,13H,3-6,9-10,12H2,1-2H3,(H,22,27). The first-order chi connectivity index (χ1) is 15.1. The second-order valence-corrected chi connectivity index (χ2v) is 8.25. The first kappa shape index (κ1) is 21.1. The third kappa shape index (κ3) is 4.48. The van der Waals surface area contributed by atoms with Crippen LogP contribution in [-0.4, -0.2) is 47.8 Å². The first-order valence-corrected chi connectivity index (χ1v) is 11.1. The molecule has 0 spiro atoms. The molecule has 1 aromatic carbocycles. The molecule has 3 aromatic rings. The molecule has 1 aliphatic rings. The van der Waals surface area contributed by atoms with Crippen molar-refractivity contribution in [2.45, 2.75) is 32.2 Å². The van der Waals surface area contributed by atoms with Crippen molar-refractivity contribution in [3.63, 3.8) is 0 Å². The Morgan fingerprint density at radius 2 is 1.94 bits per heavy atom. The zero-order valence-corrected chi connectivity index (χ0v) is 18.4. The maximum atomic E-state index is 12.9. The number of benzene rings is 1. The normalized spacial score (nSPS) is 14.3. The van der Waals surface area contributed by atoms with E-state index in [1.165, 1.54) is 34.9 Å². The van der Waals surface area contributed by atoms with Gasteiger partial charge in [0.25, 0.3) is 11.5 Å². The van der Waals surface area contributed by atoms with E-state index in [4.69, 9.17) is 9.47 Å². The van der Waals surface area contributed by atoms with Gasteiger partial charge in [-0.05, 0) is 31.0 Å². The minimum Gasteiger partial charge on any atom is -0.497 e. The molecular weight excluding hydrogens is 418 g/mol. The number of methoxy groups -OCH3 is 2. The van der Waals surface area contributed by atoms with Crippen molar-refractivity contribution >= 4 is 27.3 Å². The van der Waals surface area contributed by atoms with E-state index < -0.39 is 11.5 Å². The lowest BCUT2D eigenvalue weighted by Crippen LogP contribution is -2.31. The summed E-state index contributed by atoms with van der Waals surface area (Å²) in [5, 5.41) is 7.99. The van der Waals surface area contributed by atoms with Crippen LogP contribution in [0, 0.1) is 0 Å². The molecule has 0 atom stereocenters. The molecule has 0 bridgehead atoms. The maximum absolute atomic E-state index is 12.9. The van der Waals surface area contributed by atoms with Crippen molar-refractivity contribution in [1.29, 1.82) is 0 Å². The van der Waals surface area contributed by atoms with Crippen LogP contribution in [0.5, 0.6) is 11.5 Å². The van der Waals surface area contributed by atoms with Gasteiger partial charge in [-0.2, -0.15) is 4.52 Å². The highest BCUT2D eigenvalue weighted by Gasteiger charge is 2.19. The molecule has 0 radical (unpaired) electrons. The second kappa shape index (κ2) is 9.34. The molecule has 3 heterocycles. The van der Waals surface area contributed by atoms with Gasteiger partial charge in [-0.25, -0.2) is 4.98 Å². The molecule has 1 amide bonds. The molecule has 31 heavy (non-hydrogen) atoms. The minimum absolute atomic E-state index is 0.0490. The summed E-state index contributed by atoms with van der Waals surface area (Å²) >= 11 is 1.37. The van der Waals surface area contributed by atoms with Crippen molar-refractivity contribution in [2.75, 3.05) is 32.2 Å². The smallest absolute Gasteiger partial charge is 0.288 e. The van der Waals surface area contributed by atoms with Crippen molar-refractivity contribution in [1.82, 2.24) is 19.9 Å². The topological polar surface area (TPSA) is 98.1 Å². The predicted molar refractivity (Wildman–Crippen MR) is 119 cm³/mol. The molecule has 4 rings (SSSR count). The number of carbonyl (C=O) groups is 1. The number of fused-ring (bicyclic) bond motifs is 1. The molecule has 2 aromatic heterocycles. The van der Waals surface area contributed by atoms with E-state index in [0.717, 1.165) is 36.6 Å². The highest BCUT2D eigenvalue weighted by molar-refractivity contribution is 7.20. The SMILES string of the molecule is COc1ccc(OC)c(CNC(=O)c2cnc3sc(N4CCCCCC4)nn3c2=O)c1. The molecular formula is C21H25N5O4S. The fraction of sp³-hybridized carbons (Fsp3) is 0.429. The molecule has 1 aliphatic heterocycles. The third-order valence-corrected chi connectivity index (χ3v) is 6.31. The zero-order chi connectivity index (χ0) is 21.8. The van der Waals surface area contributed by atoms with Crippen molar-refractivity contribution in [3.8, 4) is 11.5 Å². The van der Waals surface area contributed by atoms with Crippen LogP contribution in [0.2, 0.25) is 0 Å². The van der Waals surface area contributed by atoms with Crippen molar-refractivity contribution < 1.29 is 14.3 Å². The number of carbonyl (C=O) groups excluding carboxylic acids is 1. The monoisotopic (exact) mass is 443 g/mol. The number of anilines is 1. The van der Waals surface area contributed by atoms with Crippen molar-refractivity contribution in [3.05, 3.63) is 45.9 Å². The number of rotatable bonds is 6. The van der Waals surface area contributed by atoms with E-state index in [1.54, 1.807) is 32.4 Å². The first-order valence-electron chi connectivity index (χ1n) is 10.2. The summed E-state index contributed by atoms with van der Waals surface area (Å²) in [6.07, 6.45) is 5.96. The quantitative estimate of drug-likeness (QED) is 0.625. The summed E-state index contributed by atoms with van der Waals surface area (Å²) < 4.78 is 11.8. The Morgan fingerprint density at radius 1 is 1.16 bits per heavy atom. The lowest BCUT2D eigenvalue weighted by molar-refractivity contribution is 0.0948. The van der Waals surface area contributed by atoms with Gasteiger partial charge >= 0.3 is 0 Å². The molecule has 0 saturated carbocycles. The number of hydrogen-bond donors (Lipinski definition) is 1. The Labute approximate surface area is 183 Å². The van der Waals surface area contributed by atoms with Gasteiger partial charge in [-0.15, -0.1) is 5.10 Å². The highest BCUT2D eigenvalue weighted by atomic mass is 32.1. The lowest BCUT2D eigenvalue weighted by atomic mass is 10.2. The number of ether oxygens (including phenoxy) is 2. The van der Waals surface area contributed by atoms with Crippen LogP contribution in [0.25, 0.3) is 4.96 Å². The van der Waals surface area contributed by atoms with Crippen LogP contribution >= 0.6 is 11.3 Å². The van der Waals surface area contributed by atoms with E-state index in [9.17, 15) is 9.59 Å². The Morgan fingerprint density at radius 3 is 2.65 bits per heavy atom. The average molecular weight is 444 g/mol. The summed E-state index contributed by atoms with van der Waals surface area (Å²) in [6, 6.07) is 5.32. The van der Waals surface area contributed by atoms with E-state index in [-0.39, 0.29) is 12.1 Å². The predicted octanol–water partition coefficient (Wildman–Crippen LogP) is 2.48. The molecule has 1 fully saturated rings. The molecule has 0 unspecified atom stereocenters.